The molecule has 72 heavy (non-hydrogen) atoms. The van der Waals surface area contributed by atoms with Crippen molar-refractivity contribution >= 4 is 32.8 Å². The number of para-hydroxylation sites is 3. The third kappa shape index (κ3) is 9.12. The van der Waals surface area contributed by atoms with Crippen LogP contribution in [0.1, 0.15) is 88.0 Å². The fraction of sp³-hybridized carbons (Fsp3) is 0.182. The number of aromatic nitrogens is 4. The summed E-state index contributed by atoms with van der Waals surface area (Å²) in [6.45, 7) is 6.64. The van der Waals surface area contributed by atoms with E-state index in [2.05, 4.69) is 98.4 Å². The van der Waals surface area contributed by atoms with Crippen LogP contribution in [-0.4, -0.2) is 14.1 Å². The molecule has 4 bridgehead atoms. The first-order chi connectivity index (χ1) is 39.0. The van der Waals surface area contributed by atoms with Crippen molar-refractivity contribution in [3.63, 3.8) is 0 Å². The predicted octanol–water partition coefficient (Wildman–Crippen LogP) is 15.7. The molecule has 6 heteroatoms. The van der Waals surface area contributed by atoms with Crippen LogP contribution < -0.4 is 9.30 Å². The fourth-order valence-electron chi connectivity index (χ4n) is 10.2. The average molecular weight is 1130 g/mol. The second-order valence-corrected chi connectivity index (χ2v) is 19.4. The van der Waals surface area contributed by atoms with Gasteiger partial charge in [0.25, 0.3) is 6.33 Å². The third-order valence-corrected chi connectivity index (χ3v) is 13.7. The number of nitrogens with zero attached hydrogens (tertiary/aromatic N) is 4. The average Bonchev–Trinajstić information content (AvgIpc) is 4.24. The molecule has 4 aliphatic rings. The van der Waals surface area contributed by atoms with Crippen LogP contribution in [0.3, 0.4) is 0 Å². The molecule has 0 saturated carbocycles. The maximum Gasteiger partial charge on any atom is 0.268 e. The van der Waals surface area contributed by atoms with Gasteiger partial charge in [-0.15, -0.1) is 29.7 Å². The van der Waals surface area contributed by atoms with E-state index in [1.54, 1.807) is 27.3 Å². The van der Waals surface area contributed by atoms with E-state index in [4.69, 9.17) is 23.4 Å². The van der Waals surface area contributed by atoms with Gasteiger partial charge in [-0.05, 0) is 124 Å². The quantitative estimate of drug-likeness (QED) is 0.118. The summed E-state index contributed by atoms with van der Waals surface area (Å²) in [5, 5.41) is 2.28. The molecule has 3 heterocycles. The Hall–Kier alpha value is -7.33. The SMILES string of the molecule is [2H]c1c([2H])c([2H])c(-c2cccc(-c3c([2H])c([2H])c([2H])c([2H])c3[2H])c2-[n+]2[c-]n(-c3[c-]c(Oc4[c-]c5c(cc4)c4c6ccc(c4n5-c4cc(C(C)(C)C)ccn4)CCCCc4ccc(cc4)CCCC6)ccc3)c3ccccc32)c([2H])c1[2H].[Pt]. The van der Waals surface area contributed by atoms with Crippen molar-refractivity contribution < 1.29 is 44.1 Å². The van der Waals surface area contributed by atoms with Crippen LogP contribution in [0, 0.1) is 18.5 Å². The second kappa shape index (κ2) is 20.1. The van der Waals surface area contributed by atoms with Crippen molar-refractivity contribution in [3.8, 4) is 50.9 Å². The van der Waals surface area contributed by atoms with Crippen LogP contribution in [0.2, 0.25) is 0 Å². The van der Waals surface area contributed by atoms with Crippen molar-refractivity contribution in [2.24, 2.45) is 0 Å². The van der Waals surface area contributed by atoms with E-state index in [9.17, 15) is 0 Å². The summed E-state index contributed by atoms with van der Waals surface area (Å²) in [4.78, 5) is 5.07. The molecule has 15 rings (SSSR count). The number of imidazole rings is 1. The number of hydrogen-bond donors (Lipinski definition) is 0. The number of rotatable bonds is 7. The van der Waals surface area contributed by atoms with Gasteiger partial charge in [-0.3, -0.25) is 4.57 Å². The molecule has 358 valence electrons. The molecule has 11 aromatic rings. The number of pyridine rings is 1. The summed E-state index contributed by atoms with van der Waals surface area (Å²) in [6.07, 6.45) is 13.4. The molecule has 4 aliphatic carbocycles. The van der Waals surface area contributed by atoms with Gasteiger partial charge >= 0.3 is 0 Å². The Morgan fingerprint density at radius 3 is 1.94 bits per heavy atom. The molecular weight excluding hydrogens is 1060 g/mol. The summed E-state index contributed by atoms with van der Waals surface area (Å²) in [7, 11) is 0. The summed E-state index contributed by atoms with van der Waals surface area (Å²) in [5.41, 5.74) is 10.2. The van der Waals surface area contributed by atoms with E-state index in [0.717, 1.165) is 79.2 Å². The molecule has 0 atom stereocenters. The Morgan fingerprint density at radius 2 is 1.25 bits per heavy atom. The molecule has 0 amide bonds. The molecule has 0 fully saturated rings. The molecule has 0 spiro atoms. The van der Waals surface area contributed by atoms with Gasteiger partial charge in [0.15, 0.2) is 0 Å². The van der Waals surface area contributed by atoms with E-state index in [-0.39, 0.29) is 54.4 Å². The van der Waals surface area contributed by atoms with Gasteiger partial charge in [0.05, 0.1) is 30.4 Å². The van der Waals surface area contributed by atoms with E-state index in [0.29, 0.717) is 28.2 Å². The van der Waals surface area contributed by atoms with E-state index in [1.807, 2.05) is 54.7 Å². The maximum atomic E-state index is 9.09. The van der Waals surface area contributed by atoms with Crippen LogP contribution in [0.4, 0.5) is 0 Å². The first-order valence-corrected chi connectivity index (χ1v) is 24.5. The fourth-order valence-corrected chi connectivity index (χ4v) is 10.2. The molecule has 3 aromatic heterocycles. The van der Waals surface area contributed by atoms with Crippen LogP contribution in [-0.2, 0) is 52.2 Å². The summed E-state index contributed by atoms with van der Waals surface area (Å²) in [5.74, 6) is 1.65. The number of aryl methyl sites for hydroxylation is 4. The molecule has 0 N–H and O–H groups in total. The van der Waals surface area contributed by atoms with Crippen LogP contribution in [0.25, 0.3) is 72.3 Å². The van der Waals surface area contributed by atoms with E-state index >= 15 is 0 Å². The van der Waals surface area contributed by atoms with Gasteiger partial charge < -0.3 is 13.9 Å². The minimum atomic E-state index is -0.568. The maximum absolute atomic E-state index is 9.09. The van der Waals surface area contributed by atoms with Gasteiger partial charge in [-0.1, -0.05) is 171 Å². The Bertz CT molecular complexity index is 4190. The molecule has 5 nitrogen and oxygen atoms in total. The van der Waals surface area contributed by atoms with Crippen molar-refractivity contribution in [2.75, 3.05) is 0 Å². The van der Waals surface area contributed by atoms with Crippen molar-refractivity contribution in [1.29, 1.82) is 0 Å². The topological polar surface area (TPSA) is 35.9 Å². The third-order valence-electron chi connectivity index (χ3n) is 13.7. The molecule has 8 aromatic carbocycles. The Balaban J connectivity index is 0.00000705. The van der Waals surface area contributed by atoms with Gasteiger partial charge in [0.1, 0.15) is 5.82 Å². The van der Waals surface area contributed by atoms with Gasteiger partial charge in [0.2, 0.25) is 0 Å². The Kier molecular flexibility index (Phi) is 10.2. The molecule has 0 aliphatic heterocycles. The van der Waals surface area contributed by atoms with Crippen LogP contribution in [0.15, 0.2) is 188 Å². The first kappa shape index (κ1) is 36.6. The number of benzene rings is 8. The van der Waals surface area contributed by atoms with Crippen molar-refractivity contribution in [1.82, 2.24) is 14.1 Å². The minimum absolute atomic E-state index is 0. The molecular formula is C66H56N4OPt-2. The number of hydrogen-bond acceptors (Lipinski definition) is 2. The minimum Gasteiger partial charge on any atom is -0.510 e. The van der Waals surface area contributed by atoms with Crippen molar-refractivity contribution in [3.05, 3.63) is 234 Å². The normalized spacial score (nSPS) is 15.2. The predicted molar refractivity (Wildman–Crippen MR) is 289 cm³/mol. The summed E-state index contributed by atoms with van der Waals surface area (Å²) < 4.78 is 100. The first-order valence-electron chi connectivity index (χ1n) is 29.5. The zero-order valence-electron chi connectivity index (χ0n) is 50.3. The number of fused-ring (bicyclic) bond motifs is 2. The summed E-state index contributed by atoms with van der Waals surface area (Å²) in [6, 6.07) is 41.9. The Labute approximate surface area is 451 Å². The smallest absolute Gasteiger partial charge is 0.268 e. The van der Waals surface area contributed by atoms with E-state index < -0.39 is 60.4 Å². The molecule has 0 radical (unpaired) electrons. The monoisotopic (exact) mass is 1130 g/mol. The molecule has 0 unspecified atom stereocenters. The zero-order valence-corrected chi connectivity index (χ0v) is 42.6. The van der Waals surface area contributed by atoms with E-state index in [1.165, 1.54) is 27.6 Å². The van der Waals surface area contributed by atoms with Gasteiger partial charge in [0, 0.05) is 44.3 Å². The zero-order chi connectivity index (χ0) is 56.6. The van der Waals surface area contributed by atoms with Crippen LogP contribution in [0.5, 0.6) is 11.5 Å². The molecule has 0 saturated heterocycles. The number of ether oxygens (including phenoxy) is 1. The van der Waals surface area contributed by atoms with Crippen molar-refractivity contribution in [2.45, 2.75) is 77.6 Å². The standard InChI is InChI=1S/C66H56N4O.Pt/c1-66(2,3)52-40-41-67-62(42-52)70-61-44-55(38-39-58(61)63-50-24-12-10-18-46-32-34-47(35-33-46)19-11-13-25-51(37-36-50)64(63)70)71-54-27-16-26-53(43-54)68-45-69(60-31-15-14-30-59(60)68)65-56(48-20-6-4-7-21-48)28-17-29-57(65)49-22-8-5-9-23-49;/h4-9,14-17,20-23,26-42H,10-13,18-19,24-25H2,1-3H3;/q-2;/i4D,5D,6D,7D,8D,9D,20D,21D,22D,23D;. The van der Waals surface area contributed by atoms with Gasteiger partial charge in [-0.25, -0.2) is 4.98 Å². The second-order valence-electron chi connectivity index (χ2n) is 19.4. The van der Waals surface area contributed by atoms with Gasteiger partial charge in [-0.2, -0.15) is 18.2 Å². The summed E-state index contributed by atoms with van der Waals surface area (Å²) >= 11 is 0. The largest absolute Gasteiger partial charge is 0.510 e. The van der Waals surface area contributed by atoms with Crippen LogP contribution >= 0.6 is 0 Å². The Morgan fingerprint density at radius 1 is 0.625 bits per heavy atom.